The molecule has 0 aliphatic carbocycles. The fraction of sp³-hybridized carbons (Fsp3) is 0.486. The molecule has 2 aliphatic rings. The van der Waals surface area contributed by atoms with E-state index in [1.807, 2.05) is 0 Å². The summed E-state index contributed by atoms with van der Waals surface area (Å²) in [7, 11) is -3.68. The van der Waals surface area contributed by atoms with Crippen molar-refractivity contribution in [2.45, 2.75) is 76.8 Å². The van der Waals surface area contributed by atoms with Gasteiger partial charge >= 0.3 is 0 Å². The molecule has 5 rings (SSSR count). The number of nitrogens with one attached hydrogen (secondary N) is 2. The first-order valence-electron chi connectivity index (χ1n) is 16.6. The molecular weight excluding hydrogens is 646 g/mol. The number of benzene rings is 2. The second-order valence-corrected chi connectivity index (χ2v) is 14.9. The van der Waals surface area contributed by atoms with E-state index < -0.39 is 45.3 Å². The second-order valence-electron chi connectivity index (χ2n) is 13.1. The Labute approximate surface area is 280 Å². The fourth-order valence-corrected chi connectivity index (χ4v) is 9.02. The van der Waals surface area contributed by atoms with E-state index in [2.05, 4.69) is 29.5 Å². The number of nitrogens with zero attached hydrogens (tertiary/aromatic N) is 3. The van der Waals surface area contributed by atoms with Gasteiger partial charge in [0.25, 0.3) is 10.2 Å². The lowest BCUT2D eigenvalue weighted by molar-refractivity contribution is -0.116. The van der Waals surface area contributed by atoms with Crippen molar-refractivity contribution in [2.75, 3.05) is 31.5 Å². The molecule has 13 heteroatoms. The highest BCUT2D eigenvalue weighted by atomic mass is 32.2. The molecule has 0 bridgehead atoms. The average molecular weight is 690 g/mol. The second kappa shape index (κ2) is 15.9. The maximum atomic E-state index is 15.1. The highest BCUT2D eigenvalue weighted by Gasteiger charge is 2.41. The summed E-state index contributed by atoms with van der Waals surface area (Å²) < 4.78 is 88.0. The van der Waals surface area contributed by atoms with Crippen LogP contribution in [-0.2, 0) is 21.4 Å². The molecule has 1 aromatic heterocycles. The lowest BCUT2D eigenvalue weighted by Crippen LogP contribution is -2.58. The van der Waals surface area contributed by atoms with Crippen molar-refractivity contribution in [3.8, 4) is 0 Å². The number of pyridine rings is 1. The van der Waals surface area contributed by atoms with Crippen molar-refractivity contribution in [2.24, 2.45) is 5.92 Å². The minimum Gasteiger partial charge on any atom is -0.324 e. The molecule has 0 spiro atoms. The highest BCUT2D eigenvalue weighted by Crippen LogP contribution is 2.32. The third-order valence-corrected chi connectivity index (χ3v) is 11.3. The number of carbonyl (C=O) groups excluding carboxylic acids is 1. The van der Waals surface area contributed by atoms with Gasteiger partial charge in [0.15, 0.2) is 0 Å². The number of aromatic nitrogens is 1. The van der Waals surface area contributed by atoms with Crippen LogP contribution in [-0.4, -0.2) is 66.2 Å². The van der Waals surface area contributed by atoms with E-state index in [0.717, 1.165) is 43.7 Å². The molecule has 3 atom stereocenters. The normalized spacial score (nSPS) is 19.9. The summed E-state index contributed by atoms with van der Waals surface area (Å²) >= 11 is 0. The summed E-state index contributed by atoms with van der Waals surface area (Å²) in [4.78, 5) is 17.3. The van der Waals surface area contributed by atoms with Crippen LogP contribution in [0.4, 0.5) is 23.2 Å². The van der Waals surface area contributed by atoms with Crippen LogP contribution in [0.15, 0.2) is 54.9 Å². The van der Waals surface area contributed by atoms with Crippen LogP contribution in [0.3, 0.4) is 0 Å². The van der Waals surface area contributed by atoms with Crippen molar-refractivity contribution < 1.29 is 30.8 Å². The van der Waals surface area contributed by atoms with Crippen molar-refractivity contribution >= 4 is 21.8 Å². The van der Waals surface area contributed by atoms with E-state index in [-0.39, 0.29) is 41.7 Å². The summed E-state index contributed by atoms with van der Waals surface area (Å²) in [6.07, 6.45) is 5.77. The molecule has 1 amide bonds. The highest BCUT2D eigenvalue weighted by molar-refractivity contribution is 7.86. The number of anilines is 1. The number of halogens is 4. The van der Waals surface area contributed by atoms with Crippen molar-refractivity contribution in [1.82, 2.24) is 18.9 Å². The molecule has 2 aromatic carbocycles. The maximum Gasteiger partial charge on any atom is 0.282 e. The van der Waals surface area contributed by atoms with E-state index >= 15 is 4.39 Å². The maximum absolute atomic E-state index is 15.1. The summed E-state index contributed by atoms with van der Waals surface area (Å²) in [5.41, 5.74) is 1.04. The van der Waals surface area contributed by atoms with Gasteiger partial charge in [-0.2, -0.15) is 17.0 Å². The Morgan fingerprint density at radius 3 is 2.38 bits per heavy atom. The smallest absolute Gasteiger partial charge is 0.282 e. The predicted octanol–water partition coefficient (Wildman–Crippen LogP) is 6.15. The van der Waals surface area contributed by atoms with Gasteiger partial charge in [0, 0.05) is 62.2 Å². The summed E-state index contributed by atoms with van der Waals surface area (Å²) in [5, 5.41) is 6.00. The van der Waals surface area contributed by atoms with E-state index in [4.69, 9.17) is 0 Å². The molecule has 0 saturated carbocycles. The minimum atomic E-state index is -3.68. The van der Waals surface area contributed by atoms with E-state index in [0.29, 0.717) is 50.5 Å². The molecule has 2 saturated heterocycles. The van der Waals surface area contributed by atoms with Crippen LogP contribution in [0, 0.1) is 29.2 Å². The zero-order valence-corrected chi connectivity index (χ0v) is 28.1. The van der Waals surface area contributed by atoms with Crippen molar-refractivity contribution in [3.05, 3.63) is 94.8 Å². The molecule has 2 N–H and O–H groups in total. The third-order valence-electron chi connectivity index (χ3n) is 9.15. The van der Waals surface area contributed by atoms with Gasteiger partial charge < -0.3 is 10.6 Å². The molecule has 0 radical (unpaired) electrons. The number of carbonyl (C=O) groups is 1. The quantitative estimate of drug-likeness (QED) is 0.210. The van der Waals surface area contributed by atoms with Crippen LogP contribution in [0.2, 0.25) is 0 Å². The molecule has 8 nitrogen and oxygen atoms in total. The largest absolute Gasteiger partial charge is 0.324 e. The lowest BCUT2D eigenvalue weighted by Gasteiger charge is -2.39. The first-order valence-corrected chi connectivity index (χ1v) is 17.9. The van der Waals surface area contributed by atoms with Gasteiger partial charge in [-0.15, -0.1) is 0 Å². The molecule has 2 fully saturated rings. The summed E-state index contributed by atoms with van der Waals surface area (Å²) in [6.45, 7) is 6.10. The standard InChI is InChI=1S/C35H43F4N5O3S/c1-23(2)15-29-6-4-13-43(29)48(46,47)44-14-12-40-20-30(44)5-3-7-31-33(39)21-41-22-34(31)42-35(45)19-32(24-8-10-26(36)11-9-24)25-16-27(37)18-28(38)17-25/h8-11,16-18,21-23,29-30,32,40H,3-7,12-15,19-20H2,1-2H3,(H,42,45)/t29?,30-,32-/m0/s1. The number of amides is 1. The number of hydrogen-bond acceptors (Lipinski definition) is 5. The van der Waals surface area contributed by atoms with Crippen LogP contribution >= 0.6 is 0 Å². The number of hydrogen-bond donors (Lipinski definition) is 2. The Morgan fingerprint density at radius 2 is 1.67 bits per heavy atom. The Morgan fingerprint density at radius 1 is 0.958 bits per heavy atom. The molecular formula is C35H43F4N5O3S. The lowest BCUT2D eigenvalue weighted by atomic mass is 9.88. The van der Waals surface area contributed by atoms with Crippen LogP contribution in [0.1, 0.15) is 75.0 Å². The Hall–Kier alpha value is -3.39. The van der Waals surface area contributed by atoms with E-state index in [1.165, 1.54) is 30.5 Å². The van der Waals surface area contributed by atoms with Gasteiger partial charge in [-0.3, -0.25) is 9.78 Å². The van der Waals surface area contributed by atoms with Gasteiger partial charge in [-0.05, 0) is 79.8 Å². The Kier molecular flexibility index (Phi) is 11.9. The fourth-order valence-electron chi connectivity index (χ4n) is 6.94. The van der Waals surface area contributed by atoms with E-state index in [9.17, 15) is 26.4 Å². The van der Waals surface area contributed by atoms with Crippen LogP contribution < -0.4 is 10.6 Å². The molecule has 3 aromatic rings. The summed E-state index contributed by atoms with van der Waals surface area (Å²) in [6, 6.07) is 7.95. The monoisotopic (exact) mass is 689 g/mol. The number of piperazine rings is 1. The van der Waals surface area contributed by atoms with E-state index in [1.54, 1.807) is 8.61 Å². The van der Waals surface area contributed by atoms with Crippen LogP contribution in [0.25, 0.3) is 0 Å². The first kappa shape index (κ1) is 35.9. The topological polar surface area (TPSA) is 94.6 Å². The molecule has 48 heavy (non-hydrogen) atoms. The van der Waals surface area contributed by atoms with Gasteiger partial charge in [0.2, 0.25) is 5.91 Å². The zero-order chi connectivity index (χ0) is 34.4. The molecule has 260 valence electrons. The third kappa shape index (κ3) is 8.79. The van der Waals surface area contributed by atoms with Gasteiger partial charge in [-0.1, -0.05) is 26.0 Å². The van der Waals surface area contributed by atoms with Gasteiger partial charge in [0.1, 0.15) is 23.3 Å². The zero-order valence-electron chi connectivity index (χ0n) is 27.3. The Bertz CT molecular complexity index is 1650. The van der Waals surface area contributed by atoms with Crippen LogP contribution in [0.5, 0.6) is 0 Å². The van der Waals surface area contributed by atoms with Gasteiger partial charge in [0.05, 0.1) is 18.1 Å². The van der Waals surface area contributed by atoms with Gasteiger partial charge in [-0.25, -0.2) is 17.6 Å². The Balaban J connectivity index is 1.28. The predicted molar refractivity (Wildman–Crippen MR) is 176 cm³/mol. The minimum absolute atomic E-state index is 0.00906. The molecule has 3 heterocycles. The SMILES string of the molecule is CC(C)CC1CCCN1S(=O)(=O)N1CCNC[C@@H]1CCCc1c(F)cncc1NC(=O)C[C@@H](c1ccc(F)cc1)c1cc(F)cc(F)c1. The average Bonchev–Trinajstić information content (AvgIpc) is 3.50. The summed E-state index contributed by atoms with van der Waals surface area (Å²) in [5.74, 6) is -3.74. The molecule has 1 unspecified atom stereocenters. The number of rotatable bonds is 13. The first-order chi connectivity index (χ1) is 22.9. The molecule has 2 aliphatic heterocycles. The van der Waals surface area contributed by atoms with Crippen molar-refractivity contribution in [3.63, 3.8) is 0 Å². The van der Waals surface area contributed by atoms with Crippen molar-refractivity contribution in [1.29, 1.82) is 0 Å².